The van der Waals surface area contributed by atoms with Gasteiger partial charge in [0.2, 0.25) is 26.0 Å². The van der Waals surface area contributed by atoms with Crippen molar-refractivity contribution in [3.63, 3.8) is 0 Å². The molecule has 0 aliphatic carbocycles. The lowest BCUT2D eigenvalue weighted by Crippen LogP contribution is -2.30. The molecule has 8 nitrogen and oxygen atoms in total. The van der Waals surface area contributed by atoms with E-state index in [1.54, 1.807) is 44.2 Å². The number of benzene rings is 2. The Balaban J connectivity index is 2.14. The molecule has 0 atom stereocenters. The molecule has 0 spiro atoms. The highest BCUT2D eigenvalue weighted by Crippen LogP contribution is 2.30. The Morgan fingerprint density at radius 3 is 2.21 bits per heavy atom. The molecule has 29 heavy (non-hydrogen) atoms. The van der Waals surface area contributed by atoms with E-state index in [4.69, 9.17) is 0 Å². The molecule has 2 aromatic carbocycles. The maximum absolute atomic E-state index is 12.7. The molecule has 0 aliphatic rings. The van der Waals surface area contributed by atoms with Gasteiger partial charge in [0.1, 0.15) is 0 Å². The first-order chi connectivity index (χ1) is 13.4. The van der Waals surface area contributed by atoms with Crippen molar-refractivity contribution in [3.05, 3.63) is 53.6 Å². The molecule has 0 radical (unpaired) electrons. The lowest BCUT2D eigenvalue weighted by Gasteiger charge is -2.23. The van der Waals surface area contributed by atoms with E-state index in [1.165, 1.54) is 13.1 Å². The number of rotatable bonds is 8. The van der Waals surface area contributed by atoms with Crippen LogP contribution in [0.2, 0.25) is 0 Å². The minimum Gasteiger partial charge on any atom is -0.326 e. The minimum absolute atomic E-state index is 0.0305. The summed E-state index contributed by atoms with van der Waals surface area (Å²) in [4.78, 5) is 12.0. The number of hydrogen-bond donors (Lipinski definition) is 2. The van der Waals surface area contributed by atoms with Crippen molar-refractivity contribution < 1.29 is 21.6 Å². The quantitative estimate of drug-likeness (QED) is 0.653. The summed E-state index contributed by atoms with van der Waals surface area (Å²) < 4.78 is 52.7. The number of amides is 1. The first-order valence-electron chi connectivity index (χ1n) is 8.82. The summed E-state index contributed by atoms with van der Waals surface area (Å²) in [5.74, 6) is -0.322. The Morgan fingerprint density at radius 1 is 1.00 bits per heavy atom. The molecular formula is C19H25N3O5S2. The van der Waals surface area contributed by atoms with Gasteiger partial charge in [-0.1, -0.05) is 24.3 Å². The Hall–Kier alpha value is -2.43. The van der Waals surface area contributed by atoms with Crippen LogP contribution in [0.4, 0.5) is 11.4 Å². The van der Waals surface area contributed by atoms with E-state index in [0.717, 1.165) is 10.6 Å². The van der Waals surface area contributed by atoms with Crippen molar-refractivity contribution in [2.24, 2.45) is 0 Å². The summed E-state index contributed by atoms with van der Waals surface area (Å²) in [7, 11) is -6.11. The van der Waals surface area contributed by atoms with Crippen LogP contribution < -0.4 is 14.3 Å². The van der Waals surface area contributed by atoms with Crippen LogP contribution in [-0.4, -0.2) is 42.6 Å². The van der Waals surface area contributed by atoms with Gasteiger partial charge in [0.25, 0.3) is 0 Å². The maximum Gasteiger partial charge on any atom is 0.240 e. The number of nitrogens with one attached hydrogen (secondary N) is 2. The van der Waals surface area contributed by atoms with Gasteiger partial charge in [-0.2, -0.15) is 0 Å². The lowest BCUT2D eigenvalue weighted by molar-refractivity contribution is -0.116. The van der Waals surface area contributed by atoms with Crippen molar-refractivity contribution in [2.45, 2.75) is 25.2 Å². The number of carbonyl (C=O) groups is 1. The second-order valence-electron chi connectivity index (χ2n) is 6.65. The molecule has 0 saturated heterocycles. The average Bonchev–Trinajstić information content (AvgIpc) is 2.61. The average molecular weight is 440 g/mol. The zero-order valence-electron chi connectivity index (χ0n) is 16.8. The Kier molecular flexibility index (Phi) is 7.04. The number of carbonyl (C=O) groups excluding carboxylic acids is 1. The molecule has 0 aromatic heterocycles. The Labute approximate surface area is 172 Å². The predicted molar refractivity (Wildman–Crippen MR) is 114 cm³/mol. The van der Waals surface area contributed by atoms with Crippen molar-refractivity contribution in [3.8, 4) is 0 Å². The van der Waals surface area contributed by atoms with E-state index in [1.807, 2.05) is 6.07 Å². The fourth-order valence-corrected chi connectivity index (χ4v) is 4.77. The second kappa shape index (κ2) is 8.93. The molecule has 0 heterocycles. The van der Waals surface area contributed by atoms with Crippen LogP contribution >= 0.6 is 0 Å². The van der Waals surface area contributed by atoms with Gasteiger partial charge in [-0.3, -0.25) is 9.10 Å². The molecule has 2 rings (SSSR count). The Bertz CT molecular complexity index is 1100. The maximum atomic E-state index is 12.7. The van der Waals surface area contributed by atoms with Gasteiger partial charge in [-0.15, -0.1) is 0 Å². The van der Waals surface area contributed by atoms with Crippen molar-refractivity contribution in [1.82, 2.24) is 4.72 Å². The highest BCUT2D eigenvalue weighted by molar-refractivity contribution is 7.92. The summed E-state index contributed by atoms with van der Waals surface area (Å²) in [5, 5.41) is 2.68. The van der Waals surface area contributed by atoms with Crippen LogP contribution in [0.5, 0.6) is 0 Å². The van der Waals surface area contributed by atoms with Crippen LogP contribution in [0.1, 0.15) is 17.5 Å². The van der Waals surface area contributed by atoms with E-state index >= 15 is 0 Å². The molecule has 158 valence electrons. The van der Waals surface area contributed by atoms with Crippen LogP contribution in [0.25, 0.3) is 0 Å². The molecule has 0 saturated carbocycles. The number of hydrogen-bond acceptors (Lipinski definition) is 5. The number of anilines is 2. The Morgan fingerprint density at radius 2 is 1.62 bits per heavy atom. The van der Waals surface area contributed by atoms with Gasteiger partial charge in [-0.25, -0.2) is 21.6 Å². The summed E-state index contributed by atoms with van der Waals surface area (Å²) in [5.41, 5.74) is 1.90. The fourth-order valence-electron chi connectivity index (χ4n) is 2.88. The summed E-state index contributed by atoms with van der Waals surface area (Å²) in [6, 6.07) is 11.8. The van der Waals surface area contributed by atoms with Gasteiger partial charge in [0.15, 0.2) is 0 Å². The molecule has 0 unspecified atom stereocenters. The topological polar surface area (TPSA) is 113 Å². The van der Waals surface area contributed by atoms with Gasteiger partial charge in [0, 0.05) is 25.7 Å². The smallest absolute Gasteiger partial charge is 0.240 e. The highest BCUT2D eigenvalue weighted by Gasteiger charge is 2.24. The largest absolute Gasteiger partial charge is 0.326 e. The second-order valence-corrected chi connectivity index (χ2v) is 10.4. The predicted octanol–water partition coefficient (Wildman–Crippen LogP) is 2.01. The van der Waals surface area contributed by atoms with Gasteiger partial charge < -0.3 is 5.32 Å². The van der Waals surface area contributed by atoms with E-state index < -0.39 is 20.0 Å². The number of nitrogens with zero attached hydrogens (tertiary/aromatic N) is 1. The number of aryl methyl sites for hydroxylation is 1. The first-order valence-corrected chi connectivity index (χ1v) is 12.2. The highest BCUT2D eigenvalue weighted by atomic mass is 32.2. The van der Waals surface area contributed by atoms with Crippen LogP contribution in [0, 0.1) is 13.8 Å². The minimum atomic E-state index is -3.93. The normalized spacial score (nSPS) is 11.9. The van der Waals surface area contributed by atoms with Crippen molar-refractivity contribution in [1.29, 1.82) is 0 Å². The number of sulfonamides is 2. The van der Waals surface area contributed by atoms with Crippen molar-refractivity contribution >= 4 is 37.3 Å². The van der Waals surface area contributed by atoms with E-state index in [-0.39, 0.29) is 23.8 Å². The van der Waals surface area contributed by atoms with E-state index in [9.17, 15) is 21.6 Å². The molecule has 0 bridgehead atoms. The molecule has 2 N–H and O–H groups in total. The summed E-state index contributed by atoms with van der Waals surface area (Å²) in [6.07, 6.45) is 1.01. The molecule has 1 amide bonds. The molecule has 0 fully saturated rings. The van der Waals surface area contributed by atoms with Crippen LogP contribution in [-0.2, 0) is 24.8 Å². The lowest BCUT2D eigenvalue weighted by atomic mass is 10.1. The number of para-hydroxylation sites is 1. The third-order valence-corrected chi connectivity index (χ3v) is 7.17. The molecule has 10 heteroatoms. The van der Waals surface area contributed by atoms with E-state index in [2.05, 4.69) is 10.0 Å². The first kappa shape index (κ1) is 22.9. The van der Waals surface area contributed by atoms with Gasteiger partial charge >= 0.3 is 0 Å². The third-order valence-electron chi connectivity index (χ3n) is 4.39. The van der Waals surface area contributed by atoms with Crippen molar-refractivity contribution in [2.75, 3.05) is 29.5 Å². The standard InChI is InChI=1S/C19H25N3O5S2/c1-14-10-11-17(15(2)19(14)22(3)28(4,24)25)29(26,27)20-13-12-18(23)21-16-8-6-5-7-9-16/h5-11,20H,12-13H2,1-4H3,(H,21,23). The van der Waals surface area contributed by atoms with Crippen LogP contribution in [0.15, 0.2) is 47.4 Å². The van der Waals surface area contributed by atoms with E-state index in [0.29, 0.717) is 22.5 Å². The van der Waals surface area contributed by atoms with Gasteiger partial charge in [-0.05, 0) is 43.2 Å². The zero-order valence-corrected chi connectivity index (χ0v) is 18.4. The molecular weight excluding hydrogens is 414 g/mol. The monoisotopic (exact) mass is 439 g/mol. The zero-order chi connectivity index (χ0) is 21.8. The van der Waals surface area contributed by atoms with Crippen LogP contribution in [0.3, 0.4) is 0 Å². The third kappa shape index (κ3) is 5.78. The SMILES string of the molecule is Cc1ccc(S(=O)(=O)NCCC(=O)Nc2ccccc2)c(C)c1N(C)S(C)(=O)=O. The summed E-state index contributed by atoms with van der Waals surface area (Å²) in [6.45, 7) is 3.17. The molecule has 2 aromatic rings. The molecule has 0 aliphatic heterocycles. The van der Waals surface area contributed by atoms with Gasteiger partial charge in [0.05, 0.1) is 16.8 Å². The summed E-state index contributed by atoms with van der Waals surface area (Å²) >= 11 is 0. The fraction of sp³-hybridized carbons (Fsp3) is 0.316.